The van der Waals surface area contributed by atoms with E-state index < -0.39 is 5.97 Å². The van der Waals surface area contributed by atoms with Crippen LogP contribution in [0.4, 0.5) is 0 Å². The Morgan fingerprint density at radius 3 is 2.50 bits per heavy atom. The minimum Gasteiger partial charge on any atom is -0.478 e. The third-order valence-electron chi connectivity index (χ3n) is 3.08. The average molecular weight is 268 g/mol. The van der Waals surface area contributed by atoms with Crippen LogP contribution in [0, 0.1) is 13.8 Å². The Morgan fingerprint density at radius 2 is 1.85 bits per heavy atom. The molecule has 1 aromatic carbocycles. The molecule has 0 aliphatic heterocycles. The average Bonchev–Trinajstić information content (AvgIpc) is 2.82. The molecule has 1 N–H and O–H groups in total. The van der Waals surface area contributed by atoms with Gasteiger partial charge in [0.05, 0.1) is 5.56 Å². The molecule has 6 heteroatoms. The molecule has 6 nitrogen and oxygen atoms in total. The van der Waals surface area contributed by atoms with Crippen LogP contribution in [0.1, 0.15) is 21.7 Å². The van der Waals surface area contributed by atoms with Crippen LogP contribution in [-0.4, -0.2) is 30.7 Å². The normalized spacial score (nSPS) is 10.9. The Bertz CT molecular complexity index is 806. The van der Waals surface area contributed by atoms with E-state index in [1.54, 1.807) is 24.3 Å². The third kappa shape index (κ3) is 1.91. The zero-order valence-electron chi connectivity index (χ0n) is 11.0. The molecule has 2 aromatic heterocycles. The number of aromatic nitrogens is 4. The summed E-state index contributed by atoms with van der Waals surface area (Å²) in [4.78, 5) is 15.2. The quantitative estimate of drug-likeness (QED) is 0.769. The smallest absolute Gasteiger partial charge is 0.335 e. The van der Waals surface area contributed by atoms with E-state index in [-0.39, 0.29) is 5.56 Å². The molecule has 0 amide bonds. The molecule has 3 aromatic rings. The van der Waals surface area contributed by atoms with Gasteiger partial charge in [0.1, 0.15) is 0 Å². The number of fused-ring (bicyclic) bond motifs is 1. The molecule has 2 heterocycles. The van der Waals surface area contributed by atoms with Gasteiger partial charge in [-0.15, -0.1) is 10.2 Å². The van der Waals surface area contributed by atoms with Gasteiger partial charge in [-0.1, -0.05) is 12.1 Å². The molecule has 0 saturated carbocycles. The van der Waals surface area contributed by atoms with Gasteiger partial charge in [0.25, 0.3) is 5.78 Å². The number of aromatic carboxylic acids is 1. The second kappa shape index (κ2) is 4.41. The molecular weight excluding hydrogens is 256 g/mol. The van der Waals surface area contributed by atoms with Crippen LogP contribution in [-0.2, 0) is 0 Å². The van der Waals surface area contributed by atoms with Crippen LogP contribution in [0.15, 0.2) is 30.3 Å². The summed E-state index contributed by atoms with van der Waals surface area (Å²) in [6, 6.07) is 8.50. The Hall–Kier alpha value is -2.76. The van der Waals surface area contributed by atoms with Crippen molar-refractivity contribution in [2.24, 2.45) is 0 Å². The number of hydrogen-bond donors (Lipinski definition) is 1. The molecule has 0 spiro atoms. The van der Waals surface area contributed by atoms with E-state index in [9.17, 15) is 4.79 Å². The fraction of sp³-hybridized carbons (Fsp3) is 0.143. The molecule has 0 saturated heterocycles. The monoisotopic (exact) mass is 268 g/mol. The van der Waals surface area contributed by atoms with Gasteiger partial charge in [-0.25, -0.2) is 9.78 Å². The maximum atomic E-state index is 10.9. The Balaban J connectivity index is 2.17. The number of carboxylic acids is 1. The molecule has 20 heavy (non-hydrogen) atoms. The predicted molar refractivity (Wildman–Crippen MR) is 72.7 cm³/mol. The van der Waals surface area contributed by atoms with Crippen molar-refractivity contribution in [1.82, 2.24) is 19.6 Å². The van der Waals surface area contributed by atoms with Crippen molar-refractivity contribution in [2.75, 3.05) is 0 Å². The van der Waals surface area contributed by atoms with Gasteiger partial charge in [-0.3, -0.25) is 4.40 Å². The first-order valence-corrected chi connectivity index (χ1v) is 6.09. The van der Waals surface area contributed by atoms with E-state index in [0.29, 0.717) is 11.6 Å². The molecule has 0 aliphatic carbocycles. The van der Waals surface area contributed by atoms with Crippen molar-refractivity contribution in [1.29, 1.82) is 0 Å². The van der Waals surface area contributed by atoms with Gasteiger partial charge in [0, 0.05) is 17.0 Å². The van der Waals surface area contributed by atoms with Gasteiger partial charge in [-0.05, 0) is 32.0 Å². The maximum absolute atomic E-state index is 10.9. The number of nitrogens with zero attached hydrogens (tertiary/aromatic N) is 4. The van der Waals surface area contributed by atoms with Crippen LogP contribution in [0.3, 0.4) is 0 Å². The van der Waals surface area contributed by atoms with Gasteiger partial charge in [0.2, 0.25) is 0 Å². The highest BCUT2D eigenvalue weighted by Gasteiger charge is 2.12. The van der Waals surface area contributed by atoms with Crippen molar-refractivity contribution in [3.63, 3.8) is 0 Å². The fourth-order valence-electron chi connectivity index (χ4n) is 2.18. The predicted octanol–water partition coefficient (Wildman–Crippen LogP) is 2.11. The first-order chi connectivity index (χ1) is 9.56. The van der Waals surface area contributed by atoms with Crippen LogP contribution >= 0.6 is 0 Å². The lowest BCUT2D eigenvalue weighted by molar-refractivity contribution is 0.0697. The standard InChI is InChI=1S/C14H12N4O2/c1-8-7-9(2)18-12(16-17-14(18)15-8)10-3-5-11(6-4-10)13(19)20/h3-7H,1-2H3,(H,19,20). The molecule has 0 atom stereocenters. The van der Waals surface area contributed by atoms with E-state index in [4.69, 9.17) is 5.11 Å². The van der Waals surface area contributed by atoms with E-state index in [0.717, 1.165) is 17.0 Å². The van der Waals surface area contributed by atoms with Crippen LogP contribution in [0.25, 0.3) is 17.2 Å². The lowest BCUT2D eigenvalue weighted by Gasteiger charge is -2.04. The number of rotatable bonds is 2. The third-order valence-corrected chi connectivity index (χ3v) is 3.08. The van der Waals surface area contributed by atoms with E-state index in [1.807, 2.05) is 24.3 Å². The van der Waals surface area contributed by atoms with Gasteiger partial charge in [-0.2, -0.15) is 0 Å². The summed E-state index contributed by atoms with van der Waals surface area (Å²) in [5.74, 6) is 0.248. The van der Waals surface area contributed by atoms with Gasteiger partial charge >= 0.3 is 5.97 Å². The highest BCUT2D eigenvalue weighted by Crippen LogP contribution is 2.20. The van der Waals surface area contributed by atoms with Crippen LogP contribution < -0.4 is 0 Å². The Morgan fingerprint density at radius 1 is 1.15 bits per heavy atom. The fourth-order valence-corrected chi connectivity index (χ4v) is 2.18. The second-order valence-electron chi connectivity index (χ2n) is 4.58. The zero-order chi connectivity index (χ0) is 14.3. The summed E-state index contributed by atoms with van der Waals surface area (Å²) < 4.78 is 1.85. The summed E-state index contributed by atoms with van der Waals surface area (Å²) in [7, 11) is 0. The van der Waals surface area contributed by atoms with E-state index in [2.05, 4.69) is 15.2 Å². The Labute approximate surface area is 114 Å². The molecule has 0 radical (unpaired) electrons. The molecule has 3 rings (SSSR count). The topological polar surface area (TPSA) is 80.4 Å². The SMILES string of the molecule is Cc1cc(C)n2c(-c3ccc(C(=O)O)cc3)nnc2n1. The first kappa shape index (κ1) is 12.3. The van der Waals surface area contributed by atoms with Gasteiger partial charge < -0.3 is 5.11 Å². The summed E-state index contributed by atoms with van der Waals surface area (Å²) in [6.07, 6.45) is 0. The molecule has 0 aliphatic rings. The van der Waals surface area contributed by atoms with E-state index in [1.165, 1.54) is 0 Å². The van der Waals surface area contributed by atoms with Crippen molar-refractivity contribution < 1.29 is 9.90 Å². The van der Waals surface area contributed by atoms with Crippen molar-refractivity contribution in [3.8, 4) is 11.4 Å². The summed E-state index contributed by atoms with van der Waals surface area (Å²) in [5.41, 5.74) is 2.91. The highest BCUT2D eigenvalue weighted by atomic mass is 16.4. The van der Waals surface area contributed by atoms with Crippen LogP contribution in [0.2, 0.25) is 0 Å². The molecule has 0 unspecified atom stereocenters. The summed E-state index contributed by atoms with van der Waals surface area (Å²) >= 11 is 0. The summed E-state index contributed by atoms with van der Waals surface area (Å²) in [5, 5.41) is 17.1. The maximum Gasteiger partial charge on any atom is 0.335 e. The van der Waals surface area contributed by atoms with Crippen molar-refractivity contribution >= 4 is 11.7 Å². The molecule has 0 bridgehead atoms. The minimum atomic E-state index is -0.948. The van der Waals surface area contributed by atoms with Crippen LogP contribution in [0.5, 0.6) is 0 Å². The lowest BCUT2D eigenvalue weighted by Crippen LogP contribution is -1.99. The largest absolute Gasteiger partial charge is 0.478 e. The van der Waals surface area contributed by atoms with E-state index >= 15 is 0 Å². The number of carbonyl (C=O) groups is 1. The van der Waals surface area contributed by atoms with Crippen molar-refractivity contribution in [3.05, 3.63) is 47.3 Å². The van der Waals surface area contributed by atoms with Crippen molar-refractivity contribution in [2.45, 2.75) is 13.8 Å². The summed E-state index contributed by atoms with van der Waals surface area (Å²) in [6.45, 7) is 3.86. The lowest BCUT2D eigenvalue weighted by atomic mass is 10.1. The highest BCUT2D eigenvalue weighted by molar-refractivity contribution is 5.88. The number of aryl methyl sites for hydroxylation is 2. The minimum absolute atomic E-state index is 0.244. The number of carboxylic acid groups (broad SMARTS) is 1. The molecular formula is C14H12N4O2. The zero-order valence-corrected chi connectivity index (χ0v) is 11.0. The molecule has 0 fully saturated rings. The number of hydrogen-bond acceptors (Lipinski definition) is 4. The van der Waals surface area contributed by atoms with Gasteiger partial charge in [0.15, 0.2) is 5.82 Å². The molecule has 100 valence electrons. The second-order valence-corrected chi connectivity index (χ2v) is 4.58. The Kier molecular flexibility index (Phi) is 2.71. The number of benzene rings is 1. The first-order valence-electron chi connectivity index (χ1n) is 6.09.